The number of phenolic OH excluding ortho intramolecular Hbond substituents is 1. The van der Waals surface area contributed by atoms with E-state index in [0.717, 1.165) is 11.1 Å². The number of furan rings is 1. The van der Waals surface area contributed by atoms with Gasteiger partial charge in [-0.3, -0.25) is 0 Å². The molecular formula is C9H9NO2. The molecule has 2 rings (SSSR count). The predicted octanol–water partition coefficient (Wildman–Crippen LogP) is 2.18. The van der Waals surface area contributed by atoms with Crippen LogP contribution in [0.4, 0.5) is 5.69 Å². The van der Waals surface area contributed by atoms with Crippen LogP contribution in [-0.4, -0.2) is 12.2 Å². The number of hydrogen-bond donors (Lipinski definition) is 2. The molecule has 0 unspecified atom stereocenters. The first-order chi connectivity index (χ1) is 5.81. The minimum absolute atomic E-state index is 0.168. The number of anilines is 1. The summed E-state index contributed by atoms with van der Waals surface area (Å²) in [6.45, 7) is 0. The molecule has 1 heterocycles. The zero-order valence-electron chi connectivity index (χ0n) is 6.66. The lowest BCUT2D eigenvalue weighted by molar-refractivity contribution is 0.465. The molecule has 12 heavy (non-hydrogen) atoms. The Bertz CT molecular complexity index is 406. The van der Waals surface area contributed by atoms with Crippen LogP contribution in [0.5, 0.6) is 5.75 Å². The highest BCUT2D eigenvalue weighted by atomic mass is 16.3. The van der Waals surface area contributed by atoms with Gasteiger partial charge in [-0.15, -0.1) is 0 Å². The van der Waals surface area contributed by atoms with E-state index in [1.807, 2.05) is 12.1 Å². The van der Waals surface area contributed by atoms with Crippen LogP contribution in [0.15, 0.2) is 28.9 Å². The Balaban J connectivity index is 2.75. The minimum Gasteiger partial charge on any atom is -0.504 e. The summed E-state index contributed by atoms with van der Waals surface area (Å²) in [6.07, 6.45) is 1.56. The molecule has 2 N–H and O–H groups in total. The van der Waals surface area contributed by atoms with E-state index < -0.39 is 0 Å². The molecule has 62 valence electrons. The fourth-order valence-electron chi connectivity index (χ4n) is 1.21. The molecule has 0 aliphatic heterocycles. The molecule has 0 amide bonds. The van der Waals surface area contributed by atoms with Gasteiger partial charge in [-0.1, -0.05) is 0 Å². The molecule has 0 bridgehead atoms. The van der Waals surface area contributed by atoms with Gasteiger partial charge in [0.25, 0.3) is 0 Å². The molecule has 3 heteroatoms. The molecular weight excluding hydrogens is 154 g/mol. The van der Waals surface area contributed by atoms with Gasteiger partial charge < -0.3 is 14.8 Å². The fraction of sp³-hybridized carbons (Fsp3) is 0.111. The van der Waals surface area contributed by atoms with E-state index in [0.29, 0.717) is 5.58 Å². The average molecular weight is 163 g/mol. The molecule has 0 fully saturated rings. The summed E-state index contributed by atoms with van der Waals surface area (Å²) in [5.41, 5.74) is 1.41. The van der Waals surface area contributed by atoms with Crippen molar-refractivity contribution in [3.05, 3.63) is 24.5 Å². The van der Waals surface area contributed by atoms with Crippen LogP contribution in [0.3, 0.4) is 0 Å². The molecule has 2 aromatic rings. The number of rotatable bonds is 1. The van der Waals surface area contributed by atoms with Gasteiger partial charge in [0.1, 0.15) is 0 Å². The van der Waals surface area contributed by atoms with Gasteiger partial charge in [-0.05, 0) is 12.1 Å². The van der Waals surface area contributed by atoms with E-state index in [-0.39, 0.29) is 5.75 Å². The van der Waals surface area contributed by atoms with Crippen molar-refractivity contribution in [2.24, 2.45) is 0 Å². The summed E-state index contributed by atoms with van der Waals surface area (Å²) in [6, 6.07) is 5.36. The van der Waals surface area contributed by atoms with E-state index in [4.69, 9.17) is 4.42 Å². The van der Waals surface area contributed by atoms with Crippen molar-refractivity contribution in [2.75, 3.05) is 12.4 Å². The zero-order valence-corrected chi connectivity index (χ0v) is 6.66. The van der Waals surface area contributed by atoms with Gasteiger partial charge in [0, 0.05) is 24.2 Å². The Morgan fingerprint density at radius 1 is 1.42 bits per heavy atom. The first kappa shape index (κ1) is 7.03. The van der Waals surface area contributed by atoms with Crippen molar-refractivity contribution in [1.82, 2.24) is 0 Å². The number of phenols is 1. The van der Waals surface area contributed by atoms with Crippen LogP contribution in [0.25, 0.3) is 11.0 Å². The number of aromatic hydroxyl groups is 1. The standard InChI is InChI=1S/C9H9NO2/c1-10-7-4-6-2-3-12-9(6)8(11)5-7/h2-5,10-11H,1H3. The summed E-state index contributed by atoms with van der Waals surface area (Å²) in [5.74, 6) is 0.168. The van der Waals surface area contributed by atoms with Gasteiger partial charge in [-0.2, -0.15) is 0 Å². The van der Waals surface area contributed by atoms with E-state index in [9.17, 15) is 5.11 Å². The SMILES string of the molecule is CNc1cc(O)c2occc2c1. The molecule has 1 aromatic carbocycles. The highest BCUT2D eigenvalue weighted by Crippen LogP contribution is 2.29. The zero-order chi connectivity index (χ0) is 8.55. The maximum absolute atomic E-state index is 9.44. The summed E-state index contributed by atoms with van der Waals surface area (Å²) in [5, 5.41) is 13.3. The van der Waals surface area contributed by atoms with Gasteiger partial charge in [0.05, 0.1) is 6.26 Å². The molecule has 0 aliphatic carbocycles. The van der Waals surface area contributed by atoms with Crippen molar-refractivity contribution in [1.29, 1.82) is 0 Å². The lowest BCUT2D eigenvalue weighted by Gasteiger charge is -2.00. The number of benzene rings is 1. The third kappa shape index (κ3) is 0.906. The smallest absolute Gasteiger partial charge is 0.175 e. The first-order valence-electron chi connectivity index (χ1n) is 3.69. The highest BCUT2D eigenvalue weighted by molar-refractivity contribution is 5.86. The highest BCUT2D eigenvalue weighted by Gasteiger charge is 2.03. The maximum Gasteiger partial charge on any atom is 0.175 e. The molecule has 0 aliphatic rings. The van der Waals surface area contributed by atoms with Gasteiger partial charge in [0.2, 0.25) is 0 Å². The first-order valence-corrected chi connectivity index (χ1v) is 3.69. The third-order valence-electron chi connectivity index (χ3n) is 1.82. The molecule has 1 aromatic heterocycles. The average Bonchev–Trinajstić information content (AvgIpc) is 2.52. The second-order valence-electron chi connectivity index (χ2n) is 2.58. The van der Waals surface area contributed by atoms with Crippen molar-refractivity contribution in [3.63, 3.8) is 0 Å². The van der Waals surface area contributed by atoms with Crippen LogP contribution < -0.4 is 5.32 Å². The predicted molar refractivity (Wildman–Crippen MR) is 47.4 cm³/mol. The van der Waals surface area contributed by atoms with Gasteiger partial charge in [-0.25, -0.2) is 0 Å². The largest absolute Gasteiger partial charge is 0.504 e. The summed E-state index contributed by atoms with van der Waals surface area (Å²) < 4.78 is 5.07. The molecule has 0 radical (unpaired) electrons. The van der Waals surface area contributed by atoms with Gasteiger partial charge >= 0.3 is 0 Å². The minimum atomic E-state index is 0.168. The Kier molecular flexibility index (Phi) is 1.43. The monoisotopic (exact) mass is 163 g/mol. The van der Waals surface area contributed by atoms with Crippen LogP contribution >= 0.6 is 0 Å². The Morgan fingerprint density at radius 2 is 2.25 bits per heavy atom. The number of nitrogens with one attached hydrogen (secondary N) is 1. The molecule has 0 atom stereocenters. The van der Waals surface area contributed by atoms with E-state index in [1.165, 1.54) is 0 Å². The summed E-state index contributed by atoms with van der Waals surface area (Å²) >= 11 is 0. The van der Waals surface area contributed by atoms with E-state index >= 15 is 0 Å². The van der Waals surface area contributed by atoms with Crippen molar-refractivity contribution in [3.8, 4) is 5.75 Å². The normalized spacial score (nSPS) is 10.4. The van der Waals surface area contributed by atoms with E-state index in [2.05, 4.69) is 5.32 Å². The van der Waals surface area contributed by atoms with Crippen LogP contribution in [0.2, 0.25) is 0 Å². The van der Waals surface area contributed by atoms with Crippen LogP contribution in [0, 0.1) is 0 Å². The summed E-state index contributed by atoms with van der Waals surface area (Å²) in [7, 11) is 1.81. The van der Waals surface area contributed by atoms with Crippen molar-refractivity contribution < 1.29 is 9.52 Å². The molecule has 3 nitrogen and oxygen atoms in total. The molecule has 0 spiro atoms. The molecule has 0 saturated carbocycles. The van der Waals surface area contributed by atoms with E-state index in [1.54, 1.807) is 19.4 Å². The quantitative estimate of drug-likeness (QED) is 0.677. The maximum atomic E-state index is 9.44. The lowest BCUT2D eigenvalue weighted by Crippen LogP contribution is -1.86. The lowest BCUT2D eigenvalue weighted by atomic mass is 10.2. The summed E-state index contributed by atoms with van der Waals surface area (Å²) in [4.78, 5) is 0. The van der Waals surface area contributed by atoms with Crippen LogP contribution in [0.1, 0.15) is 0 Å². The topological polar surface area (TPSA) is 45.4 Å². The Labute approximate surface area is 69.6 Å². The molecule has 0 saturated heterocycles. The fourth-order valence-corrected chi connectivity index (χ4v) is 1.21. The van der Waals surface area contributed by atoms with Gasteiger partial charge in [0.15, 0.2) is 11.3 Å². The van der Waals surface area contributed by atoms with Crippen molar-refractivity contribution >= 4 is 16.7 Å². The number of hydrogen-bond acceptors (Lipinski definition) is 3. The number of fused-ring (bicyclic) bond motifs is 1. The third-order valence-corrected chi connectivity index (χ3v) is 1.82. The van der Waals surface area contributed by atoms with Crippen molar-refractivity contribution in [2.45, 2.75) is 0 Å². The second-order valence-corrected chi connectivity index (χ2v) is 2.58. The van der Waals surface area contributed by atoms with Crippen LogP contribution in [-0.2, 0) is 0 Å². The Morgan fingerprint density at radius 3 is 3.00 bits per heavy atom. The second kappa shape index (κ2) is 2.44. The Hall–Kier alpha value is -1.64.